The van der Waals surface area contributed by atoms with Crippen molar-refractivity contribution in [2.24, 2.45) is 11.8 Å². The molecule has 3 rings (SSSR count). The maximum atomic E-state index is 14.1. The van der Waals surface area contributed by atoms with Crippen LogP contribution in [0.15, 0.2) is 25.3 Å². The van der Waals surface area contributed by atoms with Crippen molar-refractivity contribution in [2.75, 3.05) is 26.3 Å². The van der Waals surface area contributed by atoms with E-state index in [9.17, 15) is 19.5 Å². The van der Waals surface area contributed by atoms with Crippen molar-refractivity contribution in [3.63, 3.8) is 0 Å². The minimum Gasteiger partial charge on any atom is -0.465 e. The Morgan fingerprint density at radius 2 is 2.06 bits per heavy atom. The third-order valence-electron chi connectivity index (χ3n) is 7.71. The average Bonchev–Trinajstić information content (AvgIpc) is 3.45. The van der Waals surface area contributed by atoms with Crippen molar-refractivity contribution in [1.82, 2.24) is 9.80 Å². The van der Waals surface area contributed by atoms with Gasteiger partial charge in [0.1, 0.15) is 6.04 Å². The first-order chi connectivity index (χ1) is 17.3. The number of halogens is 1. The van der Waals surface area contributed by atoms with Crippen LogP contribution in [0.3, 0.4) is 0 Å². The van der Waals surface area contributed by atoms with Crippen LogP contribution < -0.4 is 0 Å². The normalized spacial score (nSPS) is 31.3. The van der Waals surface area contributed by atoms with Gasteiger partial charge in [-0.25, -0.2) is 0 Å². The van der Waals surface area contributed by atoms with E-state index in [1.165, 1.54) is 0 Å². The topological polar surface area (TPSA) is 87.2 Å². The van der Waals surface area contributed by atoms with Crippen LogP contribution in [0.25, 0.3) is 0 Å². The van der Waals surface area contributed by atoms with Crippen LogP contribution in [0.4, 0.5) is 0 Å². The molecule has 3 fully saturated rings. The molecule has 2 bridgehead atoms. The highest BCUT2D eigenvalue weighted by atomic mass is 79.9. The van der Waals surface area contributed by atoms with E-state index in [2.05, 4.69) is 36.0 Å². The van der Waals surface area contributed by atoms with Crippen LogP contribution in [-0.4, -0.2) is 85.9 Å². The molecule has 0 radical (unpaired) electrons. The summed E-state index contributed by atoms with van der Waals surface area (Å²) >= 11 is 5.37. The Balaban J connectivity index is 1.92. The molecule has 1 spiro atoms. The molecule has 0 aliphatic carbocycles. The Bertz CT molecular complexity index is 841. The lowest BCUT2D eigenvalue weighted by molar-refractivity contribution is -0.154. The number of nitrogens with zero attached hydrogens (tertiary/aromatic N) is 2. The number of thioether (sulfide) groups is 1. The van der Waals surface area contributed by atoms with Gasteiger partial charge in [0, 0.05) is 23.2 Å². The second-order valence-corrected chi connectivity index (χ2v) is 12.9. The Morgan fingerprint density at radius 1 is 1.31 bits per heavy atom. The van der Waals surface area contributed by atoms with Crippen LogP contribution in [0.5, 0.6) is 0 Å². The minimum atomic E-state index is -0.737. The lowest BCUT2D eigenvalue weighted by Crippen LogP contribution is -2.57. The first-order valence-electron chi connectivity index (χ1n) is 13.2. The molecule has 1 N–H and O–H groups in total. The van der Waals surface area contributed by atoms with Crippen molar-refractivity contribution in [1.29, 1.82) is 0 Å². The van der Waals surface area contributed by atoms with Gasteiger partial charge in [0.15, 0.2) is 0 Å². The van der Waals surface area contributed by atoms with E-state index in [1.54, 1.807) is 34.6 Å². The molecule has 3 saturated heterocycles. The standard InChI is InChI=1S/C27H41BrN2O5S/c1-5-8-10-12-15-35-26(34)20-21-24(32)30(18(4)17-31)23(27(21)16-19(28)22(20)36-27)25(33)29(13-7-3)14-11-9-6-2/h5,7,18-23,31H,1,3,6,8-17H2,2,4H3/t18-,19?,20-,21+,22-,23?,27?/m1/s1. The molecule has 3 aliphatic heterocycles. The number of hydrogen-bond acceptors (Lipinski definition) is 6. The lowest BCUT2D eigenvalue weighted by atomic mass is 9.71. The monoisotopic (exact) mass is 584 g/mol. The van der Waals surface area contributed by atoms with Crippen LogP contribution in [0.2, 0.25) is 0 Å². The quantitative estimate of drug-likeness (QED) is 0.136. The highest BCUT2D eigenvalue weighted by Crippen LogP contribution is 2.68. The van der Waals surface area contributed by atoms with E-state index in [1.807, 2.05) is 6.08 Å². The number of amides is 2. The predicted octanol–water partition coefficient (Wildman–Crippen LogP) is 3.94. The van der Waals surface area contributed by atoms with Gasteiger partial charge in [0.05, 0.1) is 35.8 Å². The molecule has 7 atom stereocenters. The molecule has 202 valence electrons. The van der Waals surface area contributed by atoms with Gasteiger partial charge in [-0.15, -0.1) is 24.9 Å². The molecule has 9 heteroatoms. The Morgan fingerprint density at radius 3 is 2.69 bits per heavy atom. The summed E-state index contributed by atoms with van der Waals surface area (Å²) in [4.78, 5) is 44.8. The summed E-state index contributed by atoms with van der Waals surface area (Å²) in [6, 6.07) is -1.27. The fourth-order valence-corrected chi connectivity index (χ4v) is 9.59. The van der Waals surface area contributed by atoms with Crippen LogP contribution in [-0.2, 0) is 19.1 Å². The maximum absolute atomic E-state index is 14.1. The van der Waals surface area contributed by atoms with Gasteiger partial charge >= 0.3 is 5.97 Å². The third kappa shape index (κ3) is 5.44. The number of rotatable bonds is 15. The fourth-order valence-electron chi connectivity index (χ4n) is 6.01. The molecule has 0 aromatic rings. The van der Waals surface area contributed by atoms with Crippen LogP contribution >= 0.6 is 27.7 Å². The average molecular weight is 586 g/mol. The van der Waals surface area contributed by atoms with Gasteiger partial charge in [-0.3, -0.25) is 14.4 Å². The zero-order valence-electron chi connectivity index (χ0n) is 21.6. The van der Waals surface area contributed by atoms with Crippen molar-refractivity contribution < 1.29 is 24.2 Å². The molecular formula is C27H41BrN2O5S. The van der Waals surface area contributed by atoms with Gasteiger partial charge in [-0.05, 0) is 39.0 Å². The number of carbonyl (C=O) groups is 3. The molecule has 0 aromatic heterocycles. The number of aliphatic hydroxyl groups excluding tert-OH is 1. The molecule has 3 heterocycles. The Labute approximate surface area is 228 Å². The molecule has 2 amide bonds. The smallest absolute Gasteiger partial charge is 0.310 e. The number of esters is 1. The highest BCUT2D eigenvalue weighted by Gasteiger charge is 2.76. The summed E-state index contributed by atoms with van der Waals surface area (Å²) in [6.07, 6.45) is 9.60. The molecule has 36 heavy (non-hydrogen) atoms. The van der Waals surface area contributed by atoms with Gasteiger partial charge in [-0.1, -0.05) is 47.8 Å². The third-order valence-corrected chi connectivity index (χ3v) is 10.9. The number of unbranched alkanes of at least 4 members (excludes halogenated alkanes) is 4. The van der Waals surface area contributed by atoms with Gasteiger partial charge in [0.25, 0.3) is 0 Å². The van der Waals surface area contributed by atoms with E-state index in [-0.39, 0.29) is 34.5 Å². The largest absolute Gasteiger partial charge is 0.465 e. The first-order valence-corrected chi connectivity index (χ1v) is 15.0. The van der Waals surface area contributed by atoms with Crippen molar-refractivity contribution >= 4 is 45.5 Å². The summed E-state index contributed by atoms with van der Waals surface area (Å²) in [5.74, 6) is -1.94. The number of fused-ring (bicyclic) bond motifs is 1. The van der Waals surface area contributed by atoms with E-state index < -0.39 is 28.7 Å². The second kappa shape index (κ2) is 13.0. The SMILES string of the molecule is C=CCCCCOC(=O)[C@H]1[C@@H]2SC3(CC2Br)C(C(=O)N(CC=C)CCCCC)N([C@H](C)CO)C(=O)[C@H]13. The zero-order chi connectivity index (χ0) is 26.5. The van der Waals surface area contributed by atoms with Gasteiger partial charge in [-0.2, -0.15) is 0 Å². The molecule has 3 unspecified atom stereocenters. The number of likely N-dealkylation sites (tertiary alicyclic amines) is 1. The summed E-state index contributed by atoms with van der Waals surface area (Å²) in [6.45, 7) is 12.5. The van der Waals surface area contributed by atoms with Crippen LogP contribution in [0, 0.1) is 11.8 Å². The summed E-state index contributed by atoms with van der Waals surface area (Å²) in [7, 11) is 0. The maximum Gasteiger partial charge on any atom is 0.310 e. The molecule has 0 aromatic carbocycles. The number of ether oxygens (including phenoxy) is 1. The summed E-state index contributed by atoms with van der Waals surface area (Å²) in [5.41, 5.74) is 0. The number of alkyl halides is 1. The van der Waals surface area contributed by atoms with E-state index >= 15 is 0 Å². The number of allylic oxidation sites excluding steroid dienone is 1. The van der Waals surface area contributed by atoms with Crippen molar-refractivity contribution in [2.45, 2.75) is 85.7 Å². The minimum absolute atomic E-state index is 0.00232. The summed E-state index contributed by atoms with van der Waals surface area (Å²) in [5, 5.41) is 9.89. The van der Waals surface area contributed by atoms with Crippen LogP contribution in [0.1, 0.15) is 58.8 Å². The van der Waals surface area contributed by atoms with E-state index in [0.29, 0.717) is 26.1 Å². The van der Waals surface area contributed by atoms with E-state index in [4.69, 9.17) is 4.74 Å². The highest BCUT2D eigenvalue weighted by molar-refractivity contribution is 9.09. The van der Waals surface area contributed by atoms with Gasteiger partial charge in [0.2, 0.25) is 11.8 Å². The first kappa shape index (κ1) is 29.2. The molecular weight excluding hydrogens is 544 g/mol. The number of aliphatic hydroxyl groups is 1. The Kier molecular flexibility index (Phi) is 10.5. The van der Waals surface area contributed by atoms with Gasteiger partial charge < -0.3 is 19.6 Å². The molecule has 3 aliphatic rings. The molecule has 7 nitrogen and oxygen atoms in total. The lowest BCUT2D eigenvalue weighted by Gasteiger charge is -2.39. The fraction of sp³-hybridized carbons (Fsp3) is 0.741. The second-order valence-electron chi connectivity index (χ2n) is 10.2. The number of carbonyl (C=O) groups excluding carboxylic acids is 3. The number of hydrogen-bond donors (Lipinski definition) is 1. The van der Waals surface area contributed by atoms with Crippen molar-refractivity contribution in [3.8, 4) is 0 Å². The Hall–Kier alpha value is -1.32. The van der Waals surface area contributed by atoms with Crippen molar-refractivity contribution in [3.05, 3.63) is 25.3 Å². The van der Waals surface area contributed by atoms with E-state index in [0.717, 1.165) is 38.5 Å². The predicted molar refractivity (Wildman–Crippen MR) is 147 cm³/mol. The molecule has 0 saturated carbocycles. The zero-order valence-corrected chi connectivity index (χ0v) is 24.0. The summed E-state index contributed by atoms with van der Waals surface area (Å²) < 4.78 is 4.93.